The minimum Gasteiger partial charge on any atom is -0.465 e. The number of allylic oxidation sites excluding steroid dienone is 2. The van der Waals surface area contributed by atoms with Gasteiger partial charge in [-0.25, -0.2) is 4.79 Å². The molecule has 0 radical (unpaired) electrons. The Labute approximate surface area is 124 Å². The highest BCUT2D eigenvalue weighted by Crippen LogP contribution is 2.35. The van der Waals surface area contributed by atoms with Gasteiger partial charge in [0.2, 0.25) is 0 Å². The molecule has 2 rings (SSSR count). The Morgan fingerprint density at radius 1 is 1.33 bits per heavy atom. The minimum atomic E-state index is -0.424. The Morgan fingerprint density at radius 3 is 2.67 bits per heavy atom. The van der Waals surface area contributed by atoms with Crippen molar-refractivity contribution in [1.82, 2.24) is 0 Å². The monoisotopic (exact) mass is 288 g/mol. The van der Waals surface area contributed by atoms with Crippen LogP contribution in [0.15, 0.2) is 30.0 Å². The molecule has 0 heterocycles. The van der Waals surface area contributed by atoms with Crippen LogP contribution in [0.25, 0.3) is 0 Å². The fourth-order valence-corrected chi connectivity index (χ4v) is 2.51. The van der Waals surface area contributed by atoms with Gasteiger partial charge >= 0.3 is 5.97 Å². The van der Waals surface area contributed by atoms with Crippen molar-refractivity contribution >= 4 is 23.1 Å². The third kappa shape index (κ3) is 3.62. The van der Waals surface area contributed by atoms with Gasteiger partial charge in [-0.3, -0.25) is 4.79 Å². The number of ether oxygens (including phenoxy) is 1. The molecule has 1 aliphatic rings. The van der Waals surface area contributed by atoms with Crippen LogP contribution in [0.3, 0.4) is 0 Å². The quantitative estimate of drug-likeness (QED) is 0.660. The second-order valence-electron chi connectivity index (χ2n) is 6.07. The number of carbonyl (C=O) groups excluding carboxylic acids is 2. The van der Waals surface area contributed by atoms with Crippen molar-refractivity contribution in [1.29, 1.82) is 0 Å². The van der Waals surface area contributed by atoms with Crippen LogP contribution in [0.5, 0.6) is 0 Å². The van der Waals surface area contributed by atoms with Gasteiger partial charge in [0.25, 0.3) is 0 Å². The predicted octanol–water partition coefficient (Wildman–Crippen LogP) is 2.74. The normalized spacial score (nSPS) is 17.1. The predicted molar refractivity (Wildman–Crippen MR) is 81.9 cm³/mol. The smallest absolute Gasteiger partial charge is 0.337 e. The lowest BCUT2D eigenvalue weighted by Crippen LogP contribution is -2.24. The van der Waals surface area contributed by atoms with Crippen molar-refractivity contribution in [3.63, 3.8) is 0 Å². The van der Waals surface area contributed by atoms with Gasteiger partial charge in [0.05, 0.1) is 24.0 Å². The van der Waals surface area contributed by atoms with Crippen LogP contribution < -0.4 is 11.1 Å². The van der Waals surface area contributed by atoms with E-state index >= 15 is 0 Å². The largest absolute Gasteiger partial charge is 0.465 e. The van der Waals surface area contributed by atoms with Gasteiger partial charge in [-0.2, -0.15) is 0 Å². The van der Waals surface area contributed by atoms with Gasteiger partial charge in [-0.05, 0) is 30.0 Å². The average molecular weight is 288 g/mol. The number of methoxy groups -OCH3 is 1. The van der Waals surface area contributed by atoms with Gasteiger partial charge in [0.1, 0.15) is 0 Å². The number of esters is 1. The zero-order valence-corrected chi connectivity index (χ0v) is 12.5. The fourth-order valence-electron chi connectivity index (χ4n) is 2.51. The number of hydrogen-bond donors (Lipinski definition) is 2. The summed E-state index contributed by atoms with van der Waals surface area (Å²) in [5.41, 5.74) is 8.19. The summed E-state index contributed by atoms with van der Waals surface area (Å²) in [5.74, 6) is -0.330. The molecule has 1 aromatic carbocycles. The Morgan fingerprint density at radius 2 is 2.05 bits per heavy atom. The third-order valence-electron chi connectivity index (χ3n) is 3.43. The van der Waals surface area contributed by atoms with E-state index in [9.17, 15) is 9.59 Å². The summed E-state index contributed by atoms with van der Waals surface area (Å²) in [4.78, 5) is 23.3. The Balaban J connectivity index is 2.27. The van der Waals surface area contributed by atoms with Crippen LogP contribution in [0.4, 0.5) is 11.4 Å². The van der Waals surface area contributed by atoms with E-state index in [-0.39, 0.29) is 11.2 Å². The zero-order chi connectivity index (χ0) is 15.6. The maximum absolute atomic E-state index is 11.8. The zero-order valence-electron chi connectivity index (χ0n) is 12.5. The molecule has 1 aliphatic carbocycles. The topological polar surface area (TPSA) is 81.4 Å². The van der Waals surface area contributed by atoms with Crippen LogP contribution in [-0.4, -0.2) is 18.9 Å². The molecule has 0 atom stereocenters. The van der Waals surface area contributed by atoms with Crippen LogP contribution in [0.2, 0.25) is 0 Å². The number of hydrogen-bond acceptors (Lipinski definition) is 5. The lowest BCUT2D eigenvalue weighted by atomic mass is 9.79. The highest BCUT2D eigenvalue weighted by Gasteiger charge is 2.27. The maximum atomic E-state index is 11.8. The lowest BCUT2D eigenvalue weighted by Gasteiger charge is -2.29. The fraction of sp³-hybridized carbons (Fsp3) is 0.375. The molecule has 21 heavy (non-hydrogen) atoms. The molecule has 0 unspecified atom stereocenters. The second kappa shape index (κ2) is 5.60. The third-order valence-corrected chi connectivity index (χ3v) is 3.43. The number of rotatable bonds is 3. The van der Waals surface area contributed by atoms with E-state index < -0.39 is 5.97 Å². The molecule has 0 saturated heterocycles. The van der Waals surface area contributed by atoms with E-state index in [1.165, 1.54) is 7.11 Å². The first-order valence-corrected chi connectivity index (χ1v) is 6.79. The number of nitrogens with one attached hydrogen (secondary N) is 1. The summed E-state index contributed by atoms with van der Waals surface area (Å²) in [5, 5.41) is 3.16. The standard InChI is InChI=1S/C16H20N2O3/c1-16(2)8-11(7-12(19)9-16)18-14-6-10(15(20)21-3)4-5-13(14)17/h4-7,18H,8-9,17H2,1-3H3. The molecule has 0 aliphatic heterocycles. The summed E-state index contributed by atoms with van der Waals surface area (Å²) in [7, 11) is 1.33. The number of carbonyl (C=O) groups is 2. The van der Waals surface area contributed by atoms with E-state index in [1.54, 1.807) is 24.3 Å². The molecule has 1 aromatic rings. The van der Waals surface area contributed by atoms with Gasteiger partial charge in [-0.1, -0.05) is 13.8 Å². The first kappa shape index (κ1) is 15.1. The SMILES string of the molecule is COC(=O)c1ccc(N)c(NC2=CC(=O)CC(C)(C)C2)c1. The van der Waals surface area contributed by atoms with Crippen molar-refractivity contribution in [2.45, 2.75) is 26.7 Å². The summed E-state index contributed by atoms with van der Waals surface area (Å²) in [6, 6.07) is 4.88. The molecule has 112 valence electrons. The van der Waals surface area contributed by atoms with Gasteiger partial charge in [0.15, 0.2) is 5.78 Å². The molecule has 5 heteroatoms. The summed E-state index contributed by atoms with van der Waals surface area (Å²) in [6.45, 7) is 4.10. The van der Waals surface area contributed by atoms with Crippen LogP contribution in [-0.2, 0) is 9.53 Å². The van der Waals surface area contributed by atoms with Crippen molar-refractivity contribution in [2.75, 3.05) is 18.2 Å². The summed E-state index contributed by atoms with van der Waals surface area (Å²) < 4.78 is 4.69. The van der Waals surface area contributed by atoms with E-state index in [2.05, 4.69) is 5.32 Å². The molecule has 0 amide bonds. The number of benzene rings is 1. The van der Waals surface area contributed by atoms with Crippen molar-refractivity contribution in [2.24, 2.45) is 5.41 Å². The summed E-state index contributed by atoms with van der Waals surface area (Å²) >= 11 is 0. The first-order valence-electron chi connectivity index (χ1n) is 6.79. The van der Waals surface area contributed by atoms with E-state index in [0.29, 0.717) is 23.4 Å². The maximum Gasteiger partial charge on any atom is 0.337 e. The highest BCUT2D eigenvalue weighted by molar-refractivity contribution is 5.94. The molecule has 0 saturated carbocycles. The number of ketones is 1. The van der Waals surface area contributed by atoms with Gasteiger partial charge < -0.3 is 15.8 Å². The van der Waals surface area contributed by atoms with Crippen LogP contribution in [0, 0.1) is 5.41 Å². The van der Waals surface area contributed by atoms with Gasteiger partial charge in [-0.15, -0.1) is 0 Å². The average Bonchev–Trinajstić information content (AvgIpc) is 2.38. The van der Waals surface area contributed by atoms with Crippen molar-refractivity contribution in [3.05, 3.63) is 35.5 Å². The van der Waals surface area contributed by atoms with Gasteiger partial charge in [0, 0.05) is 18.2 Å². The molecular formula is C16H20N2O3. The summed E-state index contributed by atoms with van der Waals surface area (Å²) in [6.07, 6.45) is 2.89. The highest BCUT2D eigenvalue weighted by atomic mass is 16.5. The molecule has 5 nitrogen and oxygen atoms in total. The molecule has 0 bridgehead atoms. The first-order chi connectivity index (χ1) is 9.80. The Bertz CT molecular complexity index is 618. The lowest BCUT2D eigenvalue weighted by molar-refractivity contribution is -0.117. The van der Waals surface area contributed by atoms with Crippen LogP contribution >= 0.6 is 0 Å². The van der Waals surface area contributed by atoms with Crippen LogP contribution in [0.1, 0.15) is 37.0 Å². The molecular weight excluding hydrogens is 268 g/mol. The van der Waals surface area contributed by atoms with E-state index in [0.717, 1.165) is 12.1 Å². The number of nitrogen functional groups attached to an aromatic ring is 1. The van der Waals surface area contributed by atoms with Crippen molar-refractivity contribution in [3.8, 4) is 0 Å². The number of anilines is 2. The number of nitrogens with two attached hydrogens (primary N) is 1. The molecule has 3 N–H and O–H groups in total. The van der Waals surface area contributed by atoms with E-state index in [1.807, 2.05) is 13.8 Å². The molecule has 0 aromatic heterocycles. The molecule has 0 spiro atoms. The Hall–Kier alpha value is -2.30. The minimum absolute atomic E-state index is 0.0805. The van der Waals surface area contributed by atoms with E-state index in [4.69, 9.17) is 10.5 Å². The van der Waals surface area contributed by atoms with Crippen molar-refractivity contribution < 1.29 is 14.3 Å². The molecule has 0 fully saturated rings. The second-order valence-corrected chi connectivity index (χ2v) is 6.07. The Kier molecular flexibility index (Phi) is 4.02.